The molecule has 0 aromatic rings. The van der Waals surface area contributed by atoms with Crippen LogP contribution in [0.15, 0.2) is 4.99 Å². The Morgan fingerprint density at radius 1 is 1.29 bits per heavy atom. The highest BCUT2D eigenvalue weighted by Gasteiger charge is 2.27. The van der Waals surface area contributed by atoms with Gasteiger partial charge in [0.25, 0.3) is 0 Å². The Balaban J connectivity index is 0.00000220. The molecular weight excluding hydrogens is 403 g/mol. The maximum absolute atomic E-state index is 11.7. The predicted octanol–water partition coefficient (Wildman–Crippen LogP) is 1.14. The van der Waals surface area contributed by atoms with E-state index in [1.54, 1.807) is 4.31 Å². The molecule has 1 aliphatic heterocycles. The number of halogens is 1. The monoisotopic (exact) mass is 430 g/mol. The number of sulfonamides is 1. The van der Waals surface area contributed by atoms with Crippen LogP contribution in [-0.4, -0.2) is 56.7 Å². The molecule has 0 aromatic carbocycles. The van der Waals surface area contributed by atoms with Gasteiger partial charge in [-0.25, -0.2) is 12.7 Å². The SMILES string of the molecule is CCNC(=NCCN1CCCS1(=O)=O)NC1CCCC1.I. The van der Waals surface area contributed by atoms with Gasteiger partial charge in [-0.2, -0.15) is 0 Å². The van der Waals surface area contributed by atoms with E-state index in [1.807, 2.05) is 6.92 Å². The lowest BCUT2D eigenvalue weighted by Gasteiger charge is -2.17. The van der Waals surface area contributed by atoms with Crippen LogP contribution in [0.2, 0.25) is 0 Å². The fourth-order valence-corrected chi connectivity index (χ4v) is 4.32. The number of hydrogen-bond acceptors (Lipinski definition) is 3. The highest BCUT2D eigenvalue weighted by Crippen LogP contribution is 2.17. The van der Waals surface area contributed by atoms with Crippen LogP contribution in [0.5, 0.6) is 0 Å². The zero-order chi connectivity index (χ0) is 14.4. The van der Waals surface area contributed by atoms with Crippen molar-refractivity contribution in [2.24, 2.45) is 4.99 Å². The predicted molar refractivity (Wildman–Crippen MR) is 96.8 cm³/mol. The van der Waals surface area contributed by atoms with Crippen LogP contribution in [0.1, 0.15) is 39.0 Å². The van der Waals surface area contributed by atoms with E-state index in [0.29, 0.717) is 25.7 Å². The molecule has 0 unspecified atom stereocenters. The third-order valence-electron chi connectivity index (χ3n) is 3.86. The van der Waals surface area contributed by atoms with Gasteiger partial charge >= 0.3 is 0 Å². The molecular formula is C13H27IN4O2S. The summed E-state index contributed by atoms with van der Waals surface area (Å²) in [4.78, 5) is 4.49. The summed E-state index contributed by atoms with van der Waals surface area (Å²) in [5, 5.41) is 6.66. The Bertz CT molecular complexity index is 435. The van der Waals surface area contributed by atoms with Gasteiger partial charge in [0.05, 0.1) is 12.3 Å². The molecule has 2 rings (SSSR count). The van der Waals surface area contributed by atoms with Crippen molar-refractivity contribution in [3.8, 4) is 0 Å². The highest BCUT2D eigenvalue weighted by molar-refractivity contribution is 14.0. The Labute approximate surface area is 145 Å². The minimum absolute atomic E-state index is 0. The number of aliphatic imine (C=N–C) groups is 1. The second kappa shape index (κ2) is 9.14. The zero-order valence-corrected chi connectivity index (χ0v) is 15.8. The van der Waals surface area contributed by atoms with Crippen molar-refractivity contribution in [1.82, 2.24) is 14.9 Å². The van der Waals surface area contributed by atoms with Gasteiger partial charge in [-0.1, -0.05) is 12.8 Å². The molecule has 2 N–H and O–H groups in total. The molecule has 0 bridgehead atoms. The van der Waals surface area contributed by atoms with Crippen molar-refractivity contribution in [1.29, 1.82) is 0 Å². The van der Waals surface area contributed by atoms with Crippen LogP contribution >= 0.6 is 24.0 Å². The van der Waals surface area contributed by atoms with E-state index < -0.39 is 10.0 Å². The first kappa shape index (κ1) is 19.0. The molecule has 1 aliphatic carbocycles. The minimum Gasteiger partial charge on any atom is -0.357 e. The third-order valence-corrected chi connectivity index (χ3v) is 5.82. The summed E-state index contributed by atoms with van der Waals surface area (Å²) in [7, 11) is -3.00. The average molecular weight is 430 g/mol. The maximum atomic E-state index is 11.7. The quantitative estimate of drug-likeness (QED) is 0.390. The van der Waals surface area contributed by atoms with Gasteiger partial charge in [0.1, 0.15) is 0 Å². The summed E-state index contributed by atoms with van der Waals surface area (Å²) in [6, 6.07) is 0.517. The lowest BCUT2D eigenvalue weighted by molar-refractivity contribution is 0.451. The van der Waals surface area contributed by atoms with E-state index in [9.17, 15) is 8.42 Å². The Morgan fingerprint density at radius 3 is 2.57 bits per heavy atom. The van der Waals surface area contributed by atoms with E-state index in [1.165, 1.54) is 25.7 Å². The zero-order valence-electron chi connectivity index (χ0n) is 12.7. The van der Waals surface area contributed by atoms with Crippen molar-refractivity contribution in [2.45, 2.75) is 45.1 Å². The van der Waals surface area contributed by atoms with Gasteiger partial charge in [0, 0.05) is 25.7 Å². The summed E-state index contributed by atoms with van der Waals surface area (Å²) in [6.07, 6.45) is 5.70. The van der Waals surface area contributed by atoms with E-state index >= 15 is 0 Å². The van der Waals surface area contributed by atoms with Crippen molar-refractivity contribution in [3.63, 3.8) is 0 Å². The number of guanidine groups is 1. The third kappa shape index (κ3) is 5.90. The van der Waals surface area contributed by atoms with E-state index in [-0.39, 0.29) is 29.7 Å². The molecule has 2 aliphatic rings. The summed E-state index contributed by atoms with van der Waals surface area (Å²) in [6.45, 7) is 4.51. The standard InChI is InChI=1S/C13H26N4O2S.HI/c1-2-14-13(16-12-6-3-4-7-12)15-8-10-17-9-5-11-20(17,18)19;/h12H,2-11H2,1H3,(H2,14,15,16);1H. The molecule has 0 amide bonds. The van der Waals surface area contributed by atoms with Crippen molar-refractivity contribution >= 4 is 40.0 Å². The first-order valence-corrected chi connectivity index (χ1v) is 9.25. The van der Waals surface area contributed by atoms with Gasteiger partial charge in [-0.3, -0.25) is 4.99 Å². The number of rotatable bonds is 5. The topological polar surface area (TPSA) is 73.8 Å². The van der Waals surface area contributed by atoms with Gasteiger partial charge in [-0.15, -0.1) is 24.0 Å². The largest absolute Gasteiger partial charge is 0.357 e. The molecule has 2 fully saturated rings. The molecule has 0 atom stereocenters. The van der Waals surface area contributed by atoms with Crippen molar-refractivity contribution in [2.75, 3.05) is 31.9 Å². The van der Waals surface area contributed by atoms with Crippen LogP contribution in [0, 0.1) is 0 Å². The summed E-state index contributed by atoms with van der Waals surface area (Å²) >= 11 is 0. The molecule has 8 heteroatoms. The van der Waals surface area contributed by atoms with E-state index in [0.717, 1.165) is 18.9 Å². The first-order chi connectivity index (χ1) is 9.62. The molecule has 1 heterocycles. The molecule has 6 nitrogen and oxygen atoms in total. The minimum atomic E-state index is -3.00. The van der Waals surface area contributed by atoms with Crippen LogP contribution in [0.25, 0.3) is 0 Å². The molecule has 0 spiro atoms. The molecule has 0 aromatic heterocycles. The second-order valence-corrected chi connectivity index (χ2v) is 7.54. The Hall–Kier alpha value is -0.0900. The Kier molecular flexibility index (Phi) is 8.25. The second-order valence-electron chi connectivity index (χ2n) is 5.45. The van der Waals surface area contributed by atoms with Crippen LogP contribution in [0.3, 0.4) is 0 Å². The van der Waals surface area contributed by atoms with Crippen molar-refractivity contribution in [3.05, 3.63) is 0 Å². The highest BCUT2D eigenvalue weighted by atomic mass is 127. The van der Waals surface area contributed by atoms with Gasteiger partial charge < -0.3 is 10.6 Å². The van der Waals surface area contributed by atoms with Crippen LogP contribution in [-0.2, 0) is 10.0 Å². The molecule has 21 heavy (non-hydrogen) atoms. The van der Waals surface area contributed by atoms with E-state index in [2.05, 4.69) is 15.6 Å². The lowest BCUT2D eigenvalue weighted by atomic mass is 10.2. The maximum Gasteiger partial charge on any atom is 0.214 e. The van der Waals surface area contributed by atoms with Crippen LogP contribution in [0.4, 0.5) is 0 Å². The van der Waals surface area contributed by atoms with Crippen LogP contribution < -0.4 is 10.6 Å². The molecule has 1 saturated heterocycles. The molecule has 124 valence electrons. The summed E-state index contributed by atoms with van der Waals surface area (Å²) in [5.74, 6) is 1.10. The van der Waals surface area contributed by atoms with Gasteiger partial charge in [0.2, 0.25) is 10.0 Å². The Morgan fingerprint density at radius 2 is 2.00 bits per heavy atom. The molecule has 0 radical (unpaired) electrons. The fraction of sp³-hybridized carbons (Fsp3) is 0.923. The number of hydrogen-bond donors (Lipinski definition) is 2. The fourth-order valence-electron chi connectivity index (χ4n) is 2.80. The van der Waals surface area contributed by atoms with Gasteiger partial charge in [0.15, 0.2) is 5.96 Å². The average Bonchev–Trinajstić information content (AvgIpc) is 3.00. The molecule has 1 saturated carbocycles. The summed E-state index contributed by atoms with van der Waals surface area (Å²) < 4.78 is 24.9. The first-order valence-electron chi connectivity index (χ1n) is 7.64. The normalized spacial score (nSPS) is 23.0. The number of nitrogens with one attached hydrogen (secondary N) is 2. The summed E-state index contributed by atoms with van der Waals surface area (Å²) in [5.41, 5.74) is 0. The van der Waals surface area contributed by atoms with E-state index in [4.69, 9.17) is 0 Å². The smallest absolute Gasteiger partial charge is 0.214 e. The van der Waals surface area contributed by atoms with Gasteiger partial charge in [-0.05, 0) is 26.2 Å². The number of nitrogens with zero attached hydrogens (tertiary/aromatic N) is 2. The van der Waals surface area contributed by atoms with Crippen molar-refractivity contribution < 1.29 is 8.42 Å². The lowest BCUT2D eigenvalue weighted by Crippen LogP contribution is -2.42.